The Morgan fingerprint density at radius 1 is 1.00 bits per heavy atom. The Bertz CT molecular complexity index is 804. The van der Waals surface area contributed by atoms with Crippen LogP contribution in [0.1, 0.15) is 21.6 Å². The second-order valence-electron chi connectivity index (χ2n) is 5.49. The predicted molar refractivity (Wildman–Crippen MR) is 83.2 cm³/mol. The molecule has 0 radical (unpaired) electrons. The molecule has 1 aromatic heterocycles. The minimum atomic E-state index is 0.122. The number of aromatic nitrogens is 1. The summed E-state index contributed by atoms with van der Waals surface area (Å²) >= 11 is 0. The van der Waals surface area contributed by atoms with E-state index in [-0.39, 0.29) is 5.91 Å². The number of H-pyrrole nitrogens is 1. The molecule has 0 bridgehead atoms. The summed E-state index contributed by atoms with van der Waals surface area (Å²) in [6.07, 6.45) is 0.898. The molecular weight excluding hydrogens is 260 g/mol. The second kappa shape index (κ2) is 4.77. The lowest BCUT2D eigenvalue weighted by atomic mass is 10.1. The summed E-state index contributed by atoms with van der Waals surface area (Å²) < 4.78 is 0. The van der Waals surface area contributed by atoms with Gasteiger partial charge in [0.15, 0.2) is 0 Å². The molecule has 3 nitrogen and oxygen atoms in total. The molecule has 0 saturated carbocycles. The van der Waals surface area contributed by atoms with Crippen LogP contribution in [-0.2, 0) is 13.0 Å². The zero-order valence-corrected chi connectivity index (χ0v) is 11.7. The molecule has 0 saturated heterocycles. The molecule has 1 aliphatic heterocycles. The van der Waals surface area contributed by atoms with E-state index in [2.05, 4.69) is 23.2 Å². The van der Waals surface area contributed by atoms with Gasteiger partial charge >= 0.3 is 0 Å². The lowest BCUT2D eigenvalue weighted by Gasteiger charge is -2.15. The highest BCUT2D eigenvalue weighted by Gasteiger charge is 2.30. The van der Waals surface area contributed by atoms with E-state index in [1.165, 1.54) is 10.9 Å². The highest BCUT2D eigenvalue weighted by molar-refractivity contribution is 6.03. The van der Waals surface area contributed by atoms with Crippen LogP contribution in [0.3, 0.4) is 0 Å². The summed E-state index contributed by atoms with van der Waals surface area (Å²) in [5, 5.41) is 1.17. The first kappa shape index (κ1) is 12.2. The monoisotopic (exact) mass is 276 g/mol. The Hall–Kier alpha value is -2.55. The van der Waals surface area contributed by atoms with Crippen LogP contribution in [0.5, 0.6) is 0 Å². The molecule has 2 aromatic carbocycles. The maximum atomic E-state index is 12.5. The quantitative estimate of drug-likeness (QED) is 0.782. The Morgan fingerprint density at radius 2 is 1.76 bits per heavy atom. The van der Waals surface area contributed by atoms with Gasteiger partial charge in [-0.2, -0.15) is 0 Å². The van der Waals surface area contributed by atoms with Gasteiger partial charge in [0.1, 0.15) is 5.69 Å². The molecule has 0 fully saturated rings. The van der Waals surface area contributed by atoms with Crippen LogP contribution in [0.25, 0.3) is 10.9 Å². The third-order valence-corrected chi connectivity index (χ3v) is 4.18. The smallest absolute Gasteiger partial charge is 0.270 e. The molecule has 0 unspecified atom stereocenters. The van der Waals surface area contributed by atoms with Crippen LogP contribution in [0, 0.1) is 0 Å². The van der Waals surface area contributed by atoms with E-state index in [1.807, 2.05) is 41.3 Å². The minimum absolute atomic E-state index is 0.122. The van der Waals surface area contributed by atoms with Crippen LogP contribution in [0.15, 0.2) is 54.6 Å². The van der Waals surface area contributed by atoms with Gasteiger partial charge in [0.25, 0.3) is 5.91 Å². The van der Waals surface area contributed by atoms with E-state index in [4.69, 9.17) is 0 Å². The third-order valence-electron chi connectivity index (χ3n) is 4.18. The number of nitrogens with zero attached hydrogens (tertiary/aromatic N) is 1. The molecule has 104 valence electrons. The topological polar surface area (TPSA) is 36.1 Å². The number of amides is 1. The first-order valence-corrected chi connectivity index (χ1v) is 7.26. The molecule has 3 heteroatoms. The summed E-state index contributed by atoms with van der Waals surface area (Å²) in [7, 11) is 0. The van der Waals surface area contributed by atoms with E-state index in [1.54, 1.807) is 0 Å². The van der Waals surface area contributed by atoms with Crippen molar-refractivity contribution >= 4 is 16.8 Å². The normalized spacial score (nSPS) is 13.9. The summed E-state index contributed by atoms with van der Waals surface area (Å²) in [4.78, 5) is 17.7. The van der Waals surface area contributed by atoms with Gasteiger partial charge in [-0.3, -0.25) is 4.79 Å². The standard InChI is InChI=1S/C18H16N2O/c21-18-17-15(14-8-4-5-9-16(14)19-17)12-20(18)11-10-13-6-2-1-3-7-13/h1-9,19H,10-12H2. The fourth-order valence-corrected chi connectivity index (χ4v) is 3.06. The molecule has 0 atom stereocenters. The lowest BCUT2D eigenvalue weighted by Crippen LogP contribution is -2.26. The number of aromatic amines is 1. The number of carbonyl (C=O) groups is 1. The molecule has 1 N–H and O–H groups in total. The molecule has 1 amide bonds. The number of fused-ring (bicyclic) bond motifs is 3. The predicted octanol–water partition coefficient (Wildman–Crippen LogP) is 3.37. The Kier molecular flexibility index (Phi) is 2.78. The van der Waals surface area contributed by atoms with Crippen molar-refractivity contribution in [2.75, 3.05) is 6.54 Å². The summed E-state index contributed by atoms with van der Waals surface area (Å²) in [5.74, 6) is 0.122. The van der Waals surface area contributed by atoms with Gasteiger partial charge in [0, 0.05) is 29.6 Å². The maximum Gasteiger partial charge on any atom is 0.270 e. The highest BCUT2D eigenvalue weighted by Crippen LogP contribution is 2.30. The first-order valence-electron chi connectivity index (χ1n) is 7.26. The summed E-state index contributed by atoms with van der Waals surface area (Å²) in [6.45, 7) is 1.48. The largest absolute Gasteiger partial charge is 0.350 e. The van der Waals surface area contributed by atoms with E-state index in [9.17, 15) is 4.79 Å². The highest BCUT2D eigenvalue weighted by atomic mass is 16.2. The van der Waals surface area contributed by atoms with Crippen molar-refractivity contribution in [3.8, 4) is 0 Å². The minimum Gasteiger partial charge on any atom is -0.350 e. The van der Waals surface area contributed by atoms with Crippen LogP contribution in [0.4, 0.5) is 0 Å². The van der Waals surface area contributed by atoms with Crippen molar-refractivity contribution in [3.63, 3.8) is 0 Å². The van der Waals surface area contributed by atoms with Crippen LogP contribution < -0.4 is 0 Å². The molecule has 4 rings (SSSR count). The average molecular weight is 276 g/mol. The zero-order chi connectivity index (χ0) is 14.2. The van der Waals surface area contributed by atoms with Gasteiger partial charge in [-0.05, 0) is 18.1 Å². The fourth-order valence-electron chi connectivity index (χ4n) is 3.06. The Balaban J connectivity index is 1.56. The molecule has 2 heterocycles. The maximum absolute atomic E-state index is 12.5. The summed E-state index contributed by atoms with van der Waals surface area (Å²) in [6, 6.07) is 18.4. The van der Waals surface area contributed by atoms with E-state index in [0.29, 0.717) is 6.54 Å². The van der Waals surface area contributed by atoms with Gasteiger partial charge in [-0.15, -0.1) is 0 Å². The lowest BCUT2D eigenvalue weighted by molar-refractivity contribution is 0.0776. The van der Waals surface area contributed by atoms with Crippen molar-refractivity contribution in [2.45, 2.75) is 13.0 Å². The van der Waals surface area contributed by atoms with Gasteiger partial charge in [0.2, 0.25) is 0 Å². The molecule has 1 aliphatic rings. The Morgan fingerprint density at radius 3 is 2.62 bits per heavy atom. The fraction of sp³-hybridized carbons (Fsp3) is 0.167. The van der Waals surface area contributed by atoms with Crippen molar-refractivity contribution in [2.24, 2.45) is 0 Å². The van der Waals surface area contributed by atoms with Crippen molar-refractivity contribution in [1.29, 1.82) is 0 Å². The molecular formula is C18H16N2O. The molecule has 21 heavy (non-hydrogen) atoms. The first-order chi connectivity index (χ1) is 10.3. The van der Waals surface area contributed by atoms with Gasteiger partial charge in [-0.25, -0.2) is 0 Å². The summed E-state index contributed by atoms with van der Waals surface area (Å²) in [5.41, 5.74) is 4.23. The molecule has 3 aromatic rings. The Labute approximate surface area is 123 Å². The molecule has 0 spiro atoms. The number of hydrogen-bond acceptors (Lipinski definition) is 1. The number of hydrogen-bond donors (Lipinski definition) is 1. The average Bonchev–Trinajstić information content (AvgIpc) is 3.04. The van der Waals surface area contributed by atoms with Gasteiger partial charge in [0.05, 0.1) is 0 Å². The van der Waals surface area contributed by atoms with Crippen molar-refractivity contribution in [3.05, 3.63) is 71.4 Å². The van der Waals surface area contributed by atoms with E-state index >= 15 is 0 Å². The number of benzene rings is 2. The number of carbonyl (C=O) groups excluding carboxylic acids is 1. The number of nitrogens with one attached hydrogen (secondary N) is 1. The van der Waals surface area contributed by atoms with Crippen LogP contribution >= 0.6 is 0 Å². The second-order valence-corrected chi connectivity index (χ2v) is 5.49. The third kappa shape index (κ3) is 2.02. The SMILES string of the molecule is O=C1c2[nH]c3ccccc3c2CN1CCc1ccccc1. The van der Waals surface area contributed by atoms with E-state index in [0.717, 1.165) is 29.7 Å². The van der Waals surface area contributed by atoms with Crippen molar-refractivity contribution < 1.29 is 4.79 Å². The van der Waals surface area contributed by atoms with Crippen LogP contribution in [-0.4, -0.2) is 22.3 Å². The zero-order valence-electron chi connectivity index (χ0n) is 11.7. The van der Waals surface area contributed by atoms with Crippen LogP contribution in [0.2, 0.25) is 0 Å². The molecule has 0 aliphatic carbocycles. The van der Waals surface area contributed by atoms with Gasteiger partial charge in [-0.1, -0.05) is 48.5 Å². The van der Waals surface area contributed by atoms with E-state index < -0.39 is 0 Å². The van der Waals surface area contributed by atoms with Crippen molar-refractivity contribution in [1.82, 2.24) is 9.88 Å². The number of para-hydroxylation sites is 1. The van der Waals surface area contributed by atoms with Gasteiger partial charge < -0.3 is 9.88 Å². The number of rotatable bonds is 3.